The summed E-state index contributed by atoms with van der Waals surface area (Å²) in [5, 5.41) is 2.80. The number of benzene rings is 1. The van der Waals surface area contributed by atoms with Crippen LogP contribution in [-0.4, -0.2) is 25.2 Å². The smallest absolute Gasteiger partial charge is 0.309 e. The molecule has 1 aliphatic rings. The number of methoxy groups -OCH3 is 1. The van der Waals surface area contributed by atoms with Crippen molar-refractivity contribution in [3.8, 4) is 5.75 Å². The molecule has 0 radical (unpaired) electrons. The van der Waals surface area contributed by atoms with E-state index in [0.29, 0.717) is 5.75 Å². The maximum absolute atomic E-state index is 11.8. The molecule has 5 nitrogen and oxygen atoms in total. The van der Waals surface area contributed by atoms with Crippen LogP contribution in [0.2, 0.25) is 0 Å². The van der Waals surface area contributed by atoms with E-state index >= 15 is 0 Å². The SMILES string of the molecule is CCC1(CC)C(=O)N[C@H]1Oc1ccc(CC(=O)OC)cc1. The number of rotatable bonds is 6. The van der Waals surface area contributed by atoms with Gasteiger partial charge in [0, 0.05) is 0 Å². The molecule has 0 saturated carbocycles. The number of β-lactam (4-membered cyclic amide) rings is 1. The number of amides is 1. The Bertz CT molecular complexity index is 520. The van der Waals surface area contributed by atoms with Crippen molar-refractivity contribution in [3.05, 3.63) is 29.8 Å². The maximum Gasteiger partial charge on any atom is 0.309 e. The average Bonchev–Trinajstić information content (AvgIpc) is 2.50. The Hall–Kier alpha value is -2.04. The van der Waals surface area contributed by atoms with Gasteiger partial charge in [0.05, 0.1) is 13.5 Å². The van der Waals surface area contributed by atoms with E-state index in [-0.39, 0.29) is 24.5 Å². The number of carbonyl (C=O) groups is 2. The normalized spacial score (nSPS) is 19.4. The van der Waals surface area contributed by atoms with Crippen molar-refractivity contribution in [2.24, 2.45) is 5.41 Å². The fourth-order valence-corrected chi connectivity index (χ4v) is 2.59. The highest BCUT2D eigenvalue weighted by atomic mass is 16.5. The van der Waals surface area contributed by atoms with Crippen LogP contribution < -0.4 is 10.1 Å². The zero-order chi connectivity index (χ0) is 15.5. The molecule has 1 aromatic rings. The van der Waals surface area contributed by atoms with Crippen molar-refractivity contribution in [2.75, 3.05) is 7.11 Å². The average molecular weight is 291 g/mol. The lowest BCUT2D eigenvalue weighted by molar-refractivity contribution is -0.161. The van der Waals surface area contributed by atoms with Gasteiger partial charge in [-0.15, -0.1) is 0 Å². The molecule has 0 aliphatic carbocycles. The molecular weight excluding hydrogens is 270 g/mol. The van der Waals surface area contributed by atoms with Crippen LogP contribution in [0.1, 0.15) is 32.3 Å². The standard InChI is InChI=1S/C16H21NO4/c1-4-16(5-2)14(19)17-15(16)21-12-8-6-11(7-9-12)10-13(18)20-3/h6-9,15H,4-5,10H2,1-3H3,(H,17,19)/t15-/m0/s1. The lowest BCUT2D eigenvalue weighted by Crippen LogP contribution is -2.69. The molecule has 1 aromatic carbocycles. The summed E-state index contributed by atoms with van der Waals surface area (Å²) in [7, 11) is 1.37. The van der Waals surface area contributed by atoms with Crippen molar-refractivity contribution >= 4 is 11.9 Å². The van der Waals surface area contributed by atoms with Crippen LogP contribution in [0, 0.1) is 5.41 Å². The molecule has 114 valence electrons. The largest absolute Gasteiger partial charge is 0.470 e. The van der Waals surface area contributed by atoms with Crippen LogP contribution >= 0.6 is 0 Å². The number of hydrogen-bond acceptors (Lipinski definition) is 4. The fraction of sp³-hybridized carbons (Fsp3) is 0.500. The molecule has 0 bridgehead atoms. The van der Waals surface area contributed by atoms with Crippen molar-refractivity contribution < 1.29 is 19.1 Å². The van der Waals surface area contributed by atoms with Crippen molar-refractivity contribution in [3.63, 3.8) is 0 Å². The molecule has 21 heavy (non-hydrogen) atoms. The van der Waals surface area contributed by atoms with Crippen LogP contribution in [0.5, 0.6) is 5.75 Å². The van der Waals surface area contributed by atoms with Gasteiger partial charge in [-0.1, -0.05) is 26.0 Å². The molecule has 1 N–H and O–H groups in total. The summed E-state index contributed by atoms with van der Waals surface area (Å²) >= 11 is 0. The molecule has 0 unspecified atom stereocenters. The summed E-state index contributed by atoms with van der Waals surface area (Å²) in [6.45, 7) is 4.00. The first-order valence-corrected chi connectivity index (χ1v) is 7.19. The summed E-state index contributed by atoms with van der Waals surface area (Å²) in [6.07, 6.45) is 1.46. The predicted molar refractivity (Wildman–Crippen MR) is 77.7 cm³/mol. The van der Waals surface area contributed by atoms with Gasteiger partial charge in [0.25, 0.3) is 0 Å². The van der Waals surface area contributed by atoms with Gasteiger partial charge in [0.1, 0.15) is 11.2 Å². The summed E-state index contributed by atoms with van der Waals surface area (Å²) in [5.74, 6) is 0.464. The van der Waals surface area contributed by atoms with E-state index < -0.39 is 5.41 Å². The van der Waals surface area contributed by atoms with Gasteiger partial charge in [-0.2, -0.15) is 0 Å². The Labute approximate surface area is 124 Å². The van der Waals surface area contributed by atoms with E-state index in [1.54, 1.807) is 12.1 Å². The second-order valence-electron chi connectivity index (χ2n) is 5.23. The minimum Gasteiger partial charge on any atom is -0.470 e. The fourth-order valence-electron chi connectivity index (χ4n) is 2.59. The number of hydrogen-bond donors (Lipinski definition) is 1. The second-order valence-corrected chi connectivity index (χ2v) is 5.23. The minimum atomic E-state index is -0.426. The molecule has 1 fully saturated rings. The molecule has 1 aliphatic heterocycles. The Kier molecular flexibility index (Phi) is 4.50. The van der Waals surface area contributed by atoms with E-state index in [9.17, 15) is 9.59 Å². The van der Waals surface area contributed by atoms with Gasteiger partial charge in [-0.3, -0.25) is 9.59 Å². The summed E-state index contributed by atoms with van der Waals surface area (Å²) in [4.78, 5) is 23.0. The van der Waals surface area contributed by atoms with Gasteiger partial charge in [-0.25, -0.2) is 0 Å². The molecule has 1 heterocycles. The van der Waals surface area contributed by atoms with Crippen LogP contribution in [0.4, 0.5) is 0 Å². The van der Waals surface area contributed by atoms with E-state index in [2.05, 4.69) is 10.1 Å². The van der Waals surface area contributed by atoms with Crippen LogP contribution in [-0.2, 0) is 20.7 Å². The van der Waals surface area contributed by atoms with Gasteiger partial charge < -0.3 is 14.8 Å². The summed E-state index contributed by atoms with van der Waals surface area (Å²) < 4.78 is 10.5. The third kappa shape index (κ3) is 2.86. The highest BCUT2D eigenvalue weighted by Crippen LogP contribution is 2.39. The highest BCUT2D eigenvalue weighted by molar-refractivity contribution is 5.89. The van der Waals surface area contributed by atoms with Crippen LogP contribution in [0.25, 0.3) is 0 Å². The molecule has 2 rings (SSSR count). The Morgan fingerprint density at radius 3 is 2.33 bits per heavy atom. The quantitative estimate of drug-likeness (QED) is 0.643. The van der Waals surface area contributed by atoms with Crippen molar-refractivity contribution in [2.45, 2.75) is 39.3 Å². The van der Waals surface area contributed by atoms with Crippen LogP contribution in [0.15, 0.2) is 24.3 Å². The van der Waals surface area contributed by atoms with E-state index in [0.717, 1.165) is 18.4 Å². The maximum atomic E-state index is 11.8. The Balaban J connectivity index is 2.01. The lowest BCUT2D eigenvalue weighted by atomic mass is 9.73. The first-order valence-electron chi connectivity index (χ1n) is 7.19. The number of esters is 1. The zero-order valence-electron chi connectivity index (χ0n) is 12.6. The minimum absolute atomic E-state index is 0.0554. The van der Waals surface area contributed by atoms with Crippen molar-refractivity contribution in [1.29, 1.82) is 0 Å². The predicted octanol–water partition coefficient (Wildman–Crippen LogP) is 2.04. The Morgan fingerprint density at radius 2 is 1.86 bits per heavy atom. The first-order chi connectivity index (χ1) is 10.1. The molecule has 5 heteroatoms. The second kappa shape index (κ2) is 6.16. The molecule has 1 saturated heterocycles. The molecule has 1 amide bonds. The van der Waals surface area contributed by atoms with Gasteiger partial charge >= 0.3 is 5.97 Å². The van der Waals surface area contributed by atoms with E-state index in [1.807, 2.05) is 26.0 Å². The van der Waals surface area contributed by atoms with Gasteiger partial charge in [0.2, 0.25) is 5.91 Å². The lowest BCUT2D eigenvalue weighted by Gasteiger charge is -2.47. The zero-order valence-corrected chi connectivity index (χ0v) is 12.6. The third-order valence-electron chi connectivity index (χ3n) is 4.23. The van der Waals surface area contributed by atoms with Gasteiger partial charge in [0.15, 0.2) is 6.23 Å². The first kappa shape index (κ1) is 15.4. The highest BCUT2D eigenvalue weighted by Gasteiger charge is 2.54. The van der Waals surface area contributed by atoms with Crippen LogP contribution in [0.3, 0.4) is 0 Å². The molecule has 0 spiro atoms. The molecule has 1 atom stereocenters. The van der Waals surface area contributed by atoms with E-state index in [1.165, 1.54) is 7.11 Å². The van der Waals surface area contributed by atoms with E-state index in [4.69, 9.17) is 4.74 Å². The topological polar surface area (TPSA) is 64.6 Å². The third-order valence-corrected chi connectivity index (χ3v) is 4.23. The number of nitrogens with one attached hydrogen (secondary N) is 1. The molecular formula is C16H21NO4. The number of ether oxygens (including phenoxy) is 2. The van der Waals surface area contributed by atoms with Crippen molar-refractivity contribution in [1.82, 2.24) is 5.32 Å². The monoisotopic (exact) mass is 291 g/mol. The van der Waals surface area contributed by atoms with Gasteiger partial charge in [-0.05, 0) is 30.5 Å². The molecule has 0 aromatic heterocycles. The summed E-state index contributed by atoms with van der Waals surface area (Å²) in [6, 6.07) is 7.26. The Morgan fingerprint density at radius 1 is 1.24 bits per heavy atom. The summed E-state index contributed by atoms with van der Waals surface area (Å²) in [5.41, 5.74) is 0.439. The number of carbonyl (C=O) groups excluding carboxylic acids is 2.